The first-order valence-electron chi connectivity index (χ1n) is 7.60. The van der Waals surface area contributed by atoms with Crippen LogP contribution in [0.3, 0.4) is 0 Å². The molecule has 25 heavy (non-hydrogen) atoms. The van der Waals surface area contributed by atoms with Gasteiger partial charge >= 0.3 is 0 Å². The first kappa shape index (κ1) is 17.1. The zero-order valence-electron chi connectivity index (χ0n) is 14.1. The molecule has 5 nitrogen and oxygen atoms in total. The van der Waals surface area contributed by atoms with Crippen LogP contribution in [0.5, 0.6) is 11.5 Å². The van der Waals surface area contributed by atoms with E-state index in [-0.39, 0.29) is 11.1 Å². The Balaban J connectivity index is 1.93. The number of hydrogen-bond acceptors (Lipinski definition) is 5. The number of ether oxygens (including phenoxy) is 2. The topological polar surface area (TPSA) is 55.8 Å². The predicted molar refractivity (Wildman–Crippen MR) is 99.2 cm³/mol. The summed E-state index contributed by atoms with van der Waals surface area (Å²) in [5, 5.41) is -0.303. The van der Waals surface area contributed by atoms with E-state index >= 15 is 0 Å². The average molecular weight is 355 g/mol. The van der Waals surface area contributed by atoms with Crippen LogP contribution in [0, 0.1) is 6.92 Å². The Morgan fingerprint density at radius 2 is 1.76 bits per heavy atom. The maximum Gasteiger partial charge on any atom is 0.298 e. The van der Waals surface area contributed by atoms with Crippen LogP contribution in [0.4, 0.5) is 10.5 Å². The standard InChI is InChI=1S/C19H17NO4S/c1-12-5-4-6-14(9-12)20-18(21)17(25-19(20)22)11-13-7-8-15(23-2)16(10-13)24-3/h4-11H,1-3H3/b17-11-. The molecule has 0 bridgehead atoms. The molecule has 2 amide bonds. The molecule has 0 spiro atoms. The molecular weight excluding hydrogens is 338 g/mol. The molecule has 2 aromatic rings. The lowest BCUT2D eigenvalue weighted by Gasteiger charge is -2.12. The number of imide groups is 1. The highest BCUT2D eigenvalue weighted by Crippen LogP contribution is 2.37. The number of amides is 2. The Bertz CT molecular complexity index is 875. The molecule has 0 unspecified atom stereocenters. The van der Waals surface area contributed by atoms with Gasteiger partial charge in [0.1, 0.15) is 0 Å². The molecule has 0 saturated carbocycles. The second-order valence-electron chi connectivity index (χ2n) is 5.47. The summed E-state index contributed by atoms with van der Waals surface area (Å²) < 4.78 is 10.5. The molecule has 0 aromatic heterocycles. The second kappa shape index (κ2) is 7.03. The lowest BCUT2D eigenvalue weighted by molar-refractivity contribution is -0.113. The van der Waals surface area contributed by atoms with E-state index in [4.69, 9.17) is 9.47 Å². The number of thioether (sulfide) groups is 1. The largest absolute Gasteiger partial charge is 0.493 e. The minimum Gasteiger partial charge on any atom is -0.493 e. The Morgan fingerprint density at radius 1 is 1.00 bits per heavy atom. The minimum absolute atomic E-state index is 0.303. The highest BCUT2D eigenvalue weighted by atomic mass is 32.2. The lowest BCUT2D eigenvalue weighted by atomic mass is 10.1. The van der Waals surface area contributed by atoms with Gasteiger partial charge in [-0.05, 0) is 60.2 Å². The number of rotatable bonds is 4. The Kier molecular flexibility index (Phi) is 4.81. The van der Waals surface area contributed by atoms with Crippen LogP contribution >= 0.6 is 11.8 Å². The fourth-order valence-corrected chi connectivity index (χ4v) is 3.39. The first-order chi connectivity index (χ1) is 12.0. The fraction of sp³-hybridized carbons (Fsp3) is 0.158. The molecule has 0 radical (unpaired) electrons. The van der Waals surface area contributed by atoms with Crippen molar-refractivity contribution in [2.75, 3.05) is 19.1 Å². The van der Waals surface area contributed by atoms with Gasteiger partial charge in [0.2, 0.25) is 0 Å². The number of carbonyl (C=O) groups excluding carboxylic acids is 2. The van der Waals surface area contributed by atoms with Crippen molar-refractivity contribution in [1.29, 1.82) is 0 Å². The predicted octanol–water partition coefficient (Wildman–Crippen LogP) is 4.25. The summed E-state index contributed by atoms with van der Waals surface area (Å²) >= 11 is 0.927. The van der Waals surface area contributed by atoms with Gasteiger partial charge in [-0.15, -0.1) is 0 Å². The quantitative estimate of drug-likeness (QED) is 0.767. The van der Waals surface area contributed by atoms with Gasteiger partial charge in [0.25, 0.3) is 11.1 Å². The number of carbonyl (C=O) groups is 2. The molecule has 0 N–H and O–H groups in total. The third-order valence-electron chi connectivity index (χ3n) is 3.76. The van der Waals surface area contributed by atoms with Gasteiger partial charge < -0.3 is 9.47 Å². The van der Waals surface area contributed by atoms with Crippen LogP contribution < -0.4 is 14.4 Å². The van der Waals surface area contributed by atoms with Gasteiger partial charge in [0.05, 0.1) is 24.8 Å². The SMILES string of the molecule is COc1ccc(/C=C2\SC(=O)N(c3cccc(C)c3)C2=O)cc1OC. The molecule has 128 valence electrons. The van der Waals surface area contributed by atoms with Crippen molar-refractivity contribution in [1.82, 2.24) is 0 Å². The van der Waals surface area contributed by atoms with E-state index in [0.717, 1.165) is 22.9 Å². The van der Waals surface area contributed by atoms with Crippen LogP contribution in [-0.4, -0.2) is 25.4 Å². The monoisotopic (exact) mass is 355 g/mol. The highest BCUT2D eigenvalue weighted by molar-refractivity contribution is 8.19. The summed E-state index contributed by atoms with van der Waals surface area (Å²) in [5.74, 6) is 0.845. The number of anilines is 1. The Hall–Kier alpha value is -2.73. The van der Waals surface area contributed by atoms with Crippen molar-refractivity contribution in [3.05, 3.63) is 58.5 Å². The normalized spacial score (nSPS) is 15.8. The minimum atomic E-state index is -0.324. The van der Waals surface area contributed by atoms with Gasteiger partial charge in [0.15, 0.2) is 11.5 Å². The molecule has 6 heteroatoms. The van der Waals surface area contributed by atoms with Gasteiger partial charge in [0, 0.05) is 0 Å². The van der Waals surface area contributed by atoms with Crippen molar-refractivity contribution < 1.29 is 19.1 Å². The Morgan fingerprint density at radius 3 is 2.44 bits per heavy atom. The second-order valence-corrected chi connectivity index (χ2v) is 6.46. The van der Waals surface area contributed by atoms with Gasteiger partial charge in [-0.25, -0.2) is 4.90 Å². The molecule has 3 rings (SSSR count). The fourth-order valence-electron chi connectivity index (χ4n) is 2.55. The van der Waals surface area contributed by atoms with Crippen LogP contribution in [0.2, 0.25) is 0 Å². The number of benzene rings is 2. The summed E-state index contributed by atoms with van der Waals surface area (Å²) in [5.41, 5.74) is 2.33. The van der Waals surface area contributed by atoms with E-state index in [0.29, 0.717) is 22.1 Å². The lowest BCUT2D eigenvalue weighted by Crippen LogP contribution is -2.27. The van der Waals surface area contributed by atoms with Crippen molar-refractivity contribution in [2.45, 2.75) is 6.92 Å². The molecule has 0 atom stereocenters. The zero-order valence-corrected chi connectivity index (χ0v) is 14.9. The third kappa shape index (κ3) is 3.39. The van der Waals surface area contributed by atoms with Gasteiger partial charge in [-0.2, -0.15) is 0 Å². The summed E-state index contributed by atoms with van der Waals surface area (Å²) in [4.78, 5) is 26.5. The van der Waals surface area contributed by atoms with E-state index in [2.05, 4.69) is 0 Å². The van der Waals surface area contributed by atoms with Gasteiger partial charge in [-0.3, -0.25) is 9.59 Å². The van der Waals surface area contributed by atoms with Crippen molar-refractivity contribution >= 4 is 34.7 Å². The molecule has 1 fully saturated rings. The third-order valence-corrected chi connectivity index (χ3v) is 4.63. The van der Waals surface area contributed by atoms with Crippen LogP contribution in [0.25, 0.3) is 6.08 Å². The summed E-state index contributed by atoms with van der Waals surface area (Å²) in [6.07, 6.45) is 1.68. The summed E-state index contributed by atoms with van der Waals surface area (Å²) in [7, 11) is 3.11. The zero-order chi connectivity index (χ0) is 18.0. The Labute approximate surface area is 150 Å². The first-order valence-corrected chi connectivity index (χ1v) is 8.42. The van der Waals surface area contributed by atoms with Crippen LogP contribution in [0.15, 0.2) is 47.4 Å². The molecular formula is C19H17NO4S. The molecule has 2 aromatic carbocycles. The van der Waals surface area contributed by atoms with Gasteiger partial charge in [-0.1, -0.05) is 18.2 Å². The van der Waals surface area contributed by atoms with Crippen molar-refractivity contribution in [3.63, 3.8) is 0 Å². The van der Waals surface area contributed by atoms with Crippen molar-refractivity contribution in [2.24, 2.45) is 0 Å². The van der Waals surface area contributed by atoms with E-state index in [1.165, 1.54) is 4.90 Å². The number of nitrogens with zero attached hydrogens (tertiary/aromatic N) is 1. The number of hydrogen-bond donors (Lipinski definition) is 0. The summed E-state index contributed by atoms with van der Waals surface area (Å²) in [6, 6.07) is 12.6. The highest BCUT2D eigenvalue weighted by Gasteiger charge is 2.36. The number of methoxy groups -OCH3 is 2. The van der Waals surface area contributed by atoms with Crippen molar-refractivity contribution in [3.8, 4) is 11.5 Å². The van der Waals surface area contributed by atoms with E-state index in [9.17, 15) is 9.59 Å². The number of aryl methyl sites for hydroxylation is 1. The van der Waals surface area contributed by atoms with E-state index < -0.39 is 0 Å². The molecule has 1 aliphatic heterocycles. The van der Waals surface area contributed by atoms with Crippen LogP contribution in [0.1, 0.15) is 11.1 Å². The molecule has 1 saturated heterocycles. The van der Waals surface area contributed by atoms with Crippen LogP contribution in [-0.2, 0) is 4.79 Å². The maximum absolute atomic E-state index is 12.7. The molecule has 1 aliphatic rings. The smallest absolute Gasteiger partial charge is 0.298 e. The van der Waals surface area contributed by atoms with E-state index in [1.54, 1.807) is 38.5 Å². The maximum atomic E-state index is 12.7. The molecule has 1 heterocycles. The van der Waals surface area contributed by atoms with E-state index in [1.807, 2.05) is 31.2 Å². The summed E-state index contributed by atoms with van der Waals surface area (Å²) in [6.45, 7) is 1.92. The molecule has 0 aliphatic carbocycles. The average Bonchev–Trinajstić information content (AvgIpc) is 2.88.